The Kier molecular flexibility index (Phi) is 7.37. The molecule has 2 aliphatic rings. The highest BCUT2D eigenvalue weighted by Crippen LogP contribution is 2.16. The predicted molar refractivity (Wildman–Crippen MR) is 114 cm³/mol. The number of hydrogen-bond acceptors (Lipinski definition) is 6. The zero-order chi connectivity index (χ0) is 22.4. The number of piperidine rings is 1. The van der Waals surface area contributed by atoms with E-state index in [0.717, 1.165) is 18.4 Å². The molecule has 0 saturated carbocycles. The first kappa shape index (κ1) is 22.9. The summed E-state index contributed by atoms with van der Waals surface area (Å²) in [6.45, 7) is 7.67. The van der Waals surface area contributed by atoms with Crippen LogP contribution in [-0.2, 0) is 20.9 Å². The van der Waals surface area contributed by atoms with Gasteiger partial charge in [-0.2, -0.15) is 0 Å². The lowest BCUT2D eigenvalue weighted by atomic mass is 10.1. The molecule has 2 aliphatic heterocycles. The van der Waals surface area contributed by atoms with E-state index < -0.39 is 11.7 Å². The molecule has 2 fully saturated rings. The Labute approximate surface area is 183 Å². The fourth-order valence-electron chi connectivity index (χ4n) is 3.51. The Morgan fingerprint density at radius 3 is 2.29 bits per heavy atom. The quantitative estimate of drug-likeness (QED) is 0.786. The van der Waals surface area contributed by atoms with E-state index in [1.54, 1.807) is 9.91 Å². The molecule has 0 bridgehead atoms. The van der Waals surface area contributed by atoms with Gasteiger partial charge in [-0.05, 0) is 39.2 Å². The van der Waals surface area contributed by atoms with Crippen molar-refractivity contribution in [1.29, 1.82) is 0 Å². The van der Waals surface area contributed by atoms with Crippen molar-refractivity contribution in [2.24, 2.45) is 0 Å². The number of hydrazine groups is 1. The first-order chi connectivity index (χ1) is 14.7. The summed E-state index contributed by atoms with van der Waals surface area (Å²) in [5.41, 5.74) is 3.65. The van der Waals surface area contributed by atoms with E-state index in [0.29, 0.717) is 26.2 Å². The van der Waals surface area contributed by atoms with Crippen molar-refractivity contribution in [3.05, 3.63) is 35.9 Å². The maximum Gasteiger partial charge on any atom is 0.410 e. The second-order valence-electron chi connectivity index (χ2n) is 8.88. The van der Waals surface area contributed by atoms with E-state index in [2.05, 4.69) is 5.43 Å². The number of likely N-dealkylation sites (tertiary alicyclic amines) is 1. The van der Waals surface area contributed by atoms with Gasteiger partial charge in [0.05, 0.1) is 6.54 Å². The van der Waals surface area contributed by atoms with E-state index in [-0.39, 0.29) is 31.2 Å². The Hall–Kier alpha value is -2.81. The summed E-state index contributed by atoms with van der Waals surface area (Å²) in [5, 5.41) is 1.58. The molecule has 9 heteroatoms. The molecule has 1 N–H and O–H groups in total. The molecule has 0 atom stereocenters. The van der Waals surface area contributed by atoms with Crippen LogP contribution in [0.15, 0.2) is 30.3 Å². The molecule has 2 saturated heterocycles. The van der Waals surface area contributed by atoms with Crippen LogP contribution in [0.2, 0.25) is 0 Å². The Balaban J connectivity index is 1.39. The minimum Gasteiger partial charge on any atom is -0.445 e. The molecule has 170 valence electrons. The van der Waals surface area contributed by atoms with Gasteiger partial charge in [0.15, 0.2) is 0 Å². The van der Waals surface area contributed by atoms with Crippen LogP contribution in [0.25, 0.3) is 0 Å². The summed E-state index contributed by atoms with van der Waals surface area (Å²) in [6, 6.07) is 9.53. The second kappa shape index (κ2) is 10.00. The Morgan fingerprint density at radius 2 is 1.68 bits per heavy atom. The third-order valence-electron chi connectivity index (χ3n) is 5.17. The van der Waals surface area contributed by atoms with Gasteiger partial charge in [0.25, 0.3) is 5.91 Å². The number of rotatable bonds is 4. The molecule has 0 aromatic heterocycles. The van der Waals surface area contributed by atoms with Gasteiger partial charge >= 0.3 is 12.2 Å². The predicted octanol–water partition coefficient (Wildman–Crippen LogP) is 2.37. The Bertz CT molecular complexity index is 772. The molecule has 9 nitrogen and oxygen atoms in total. The van der Waals surface area contributed by atoms with Crippen LogP contribution in [0, 0.1) is 0 Å². The van der Waals surface area contributed by atoms with Gasteiger partial charge in [0.2, 0.25) is 0 Å². The fourth-order valence-corrected chi connectivity index (χ4v) is 3.51. The van der Waals surface area contributed by atoms with E-state index in [1.165, 1.54) is 4.90 Å². The van der Waals surface area contributed by atoms with Gasteiger partial charge in [0, 0.05) is 25.7 Å². The average Bonchev–Trinajstić information content (AvgIpc) is 2.73. The molecule has 31 heavy (non-hydrogen) atoms. The van der Waals surface area contributed by atoms with Gasteiger partial charge in [-0.3, -0.25) is 14.7 Å². The number of hydrogen-bond donors (Lipinski definition) is 1. The molecule has 0 aliphatic carbocycles. The average molecular weight is 433 g/mol. The second-order valence-corrected chi connectivity index (χ2v) is 8.88. The zero-order valence-corrected chi connectivity index (χ0v) is 18.5. The number of nitrogens with zero attached hydrogens (tertiary/aromatic N) is 3. The molecule has 2 heterocycles. The van der Waals surface area contributed by atoms with Crippen molar-refractivity contribution in [1.82, 2.24) is 20.2 Å². The minimum atomic E-state index is -0.513. The van der Waals surface area contributed by atoms with Crippen LogP contribution < -0.4 is 5.43 Å². The number of piperazine rings is 1. The van der Waals surface area contributed by atoms with E-state index in [1.807, 2.05) is 51.1 Å². The maximum absolute atomic E-state index is 12.5. The van der Waals surface area contributed by atoms with Crippen molar-refractivity contribution < 1.29 is 23.9 Å². The number of nitrogens with one attached hydrogen (secondary N) is 1. The van der Waals surface area contributed by atoms with Crippen LogP contribution in [0.5, 0.6) is 0 Å². The zero-order valence-electron chi connectivity index (χ0n) is 18.5. The highest BCUT2D eigenvalue weighted by atomic mass is 16.6. The van der Waals surface area contributed by atoms with Crippen LogP contribution in [0.1, 0.15) is 39.2 Å². The summed E-state index contributed by atoms with van der Waals surface area (Å²) >= 11 is 0. The summed E-state index contributed by atoms with van der Waals surface area (Å²) < 4.78 is 10.7. The summed E-state index contributed by atoms with van der Waals surface area (Å²) in [5.74, 6) is -0.169. The molecular formula is C22H32N4O5. The topological polar surface area (TPSA) is 91.4 Å². The highest BCUT2D eigenvalue weighted by Gasteiger charge is 2.32. The van der Waals surface area contributed by atoms with Gasteiger partial charge in [-0.25, -0.2) is 15.0 Å². The van der Waals surface area contributed by atoms with Gasteiger partial charge in [-0.1, -0.05) is 30.3 Å². The standard InChI is InChI=1S/C22H32N4O5/c1-22(2,3)31-21(29)24-11-9-18(10-12-24)23-26-14-13-25(15-19(26)27)20(28)30-16-17-7-5-4-6-8-17/h4-8,18,23H,9-16H2,1-3H3. The van der Waals surface area contributed by atoms with E-state index >= 15 is 0 Å². The number of amides is 3. The summed E-state index contributed by atoms with van der Waals surface area (Å²) in [4.78, 5) is 40.1. The molecule has 0 radical (unpaired) electrons. The van der Waals surface area contributed by atoms with Crippen LogP contribution in [0.4, 0.5) is 9.59 Å². The van der Waals surface area contributed by atoms with Crippen molar-refractivity contribution in [3.63, 3.8) is 0 Å². The minimum absolute atomic E-state index is 0.0165. The fraction of sp³-hybridized carbons (Fsp3) is 0.591. The third-order valence-corrected chi connectivity index (χ3v) is 5.17. The summed E-state index contributed by atoms with van der Waals surface area (Å²) in [6.07, 6.45) is 0.671. The molecule has 1 aromatic carbocycles. The lowest BCUT2D eigenvalue weighted by molar-refractivity contribution is -0.140. The third kappa shape index (κ3) is 6.85. The normalized spacial score (nSPS) is 18.2. The monoisotopic (exact) mass is 432 g/mol. The maximum atomic E-state index is 12.5. The van der Waals surface area contributed by atoms with E-state index in [4.69, 9.17) is 9.47 Å². The number of ether oxygens (including phenoxy) is 2. The van der Waals surface area contributed by atoms with Crippen LogP contribution in [-0.4, -0.2) is 77.3 Å². The van der Waals surface area contributed by atoms with E-state index in [9.17, 15) is 14.4 Å². The number of carbonyl (C=O) groups excluding carboxylic acids is 3. The smallest absolute Gasteiger partial charge is 0.410 e. The van der Waals surface area contributed by atoms with Crippen LogP contribution in [0.3, 0.4) is 0 Å². The molecule has 0 spiro atoms. The van der Waals surface area contributed by atoms with Crippen molar-refractivity contribution >= 4 is 18.1 Å². The van der Waals surface area contributed by atoms with Gasteiger partial charge < -0.3 is 14.4 Å². The molecular weight excluding hydrogens is 400 g/mol. The van der Waals surface area contributed by atoms with Crippen molar-refractivity contribution in [2.45, 2.75) is 51.9 Å². The summed E-state index contributed by atoms with van der Waals surface area (Å²) in [7, 11) is 0. The molecule has 1 aromatic rings. The number of benzene rings is 1. The Morgan fingerprint density at radius 1 is 1.00 bits per heavy atom. The first-order valence-electron chi connectivity index (χ1n) is 10.7. The van der Waals surface area contributed by atoms with Crippen LogP contribution >= 0.6 is 0 Å². The van der Waals surface area contributed by atoms with Gasteiger partial charge in [0.1, 0.15) is 18.8 Å². The first-order valence-corrected chi connectivity index (χ1v) is 10.7. The van der Waals surface area contributed by atoms with Gasteiger partial charge in [-0.15, -0.1) is 0 Å². The largest absolute Gasteiger partial charge is 0.445 e. The highest BCUT2D eigenvalue weighted by molar-refractivity contribution is 5.83. The van der Waals surface area contributed by atoms with Crippen molar-refractivity contribution in [3.8, 4) is 0 Å². The molecule has 0 unspecified atom stereocenters. The lowest BCUT2D eigenvalue weighted by Crippen LogP contribution is -2.60. The molecule has 3 rings (SSSR count). The lowest BCUT2D eigenvalue weighted by Gasteiger charge is -2.39. The number of carbonyl (C=O) groups is 3. The van der Waals surface area contributed by atoms with Crippen molar-refractivity contribution in [2.75, 3.05) is 32.7 Å². The SMILES string of the molecule is CC(C)(C)OC(=O)N1CCC(NN2CCN(C(=O)OCc3ccccc3)CC2=O)CC1. The molecule has 3 amide bonds.